The van der Waals surface area contributed by atoms with E-state index in [0.717, 1.165) is 49.8 Å². The smallest absolute Gasteiger partial charge is 0.251 e. The minimum absolute atomic E-state index is 0. The molecule has 3 N–H and O–H groups in total. The lowest BCUT2D eigenvalue weighted by Crippen LogP contribution is -2.41. The maximum Gasteiger partial charge on any atom is 0.251 e. The summed E-state index contributed by atoms with van der Waals surface area (Å²) in [7, 11) is 0. The summed E-state index contributed by atoms with van der Waals surface area (Å²) in [5, 5.41) is 9.43. The summed E-state index contributed by atoms with van der Waals surface area (Å²) in [6.45, 7) is 5.27. The van der Waals surface area contributed by atoms with Gasteiger partial charge in [-0.1, -0.05) is 12.1 Å². The molecule has 1 aromatic carbocycles. The maximum absolute atomic E-state index is 12.4. The van der Waals surface area contributed by atoms with E-state index >= 15 is 0 Å². The number of ether oxygens (including phenoxy) is 1. The van der Waals surface area contributed by atoms with Gasteiger partial charge in [0.1, 0.15) is 5.76 Å². The molecule has 0 bridgehead atoms. The molecular weight excluding hydrogens is 483 g/mol. The van der Waals surface area contributed by atoms with Crippen LogP contribution in [0.25, 0.3) is 0 Å². The van der Waals surface area contributed by atoms with Crippen molar-refractivity contribution in [3.05, 3.63) is 59.5 Å². The largest absolute Gasteiger partial charge is 0.467 e. The summed E-state index contributed by atoms with van der Waals surface area (Å²) >= 11 is 0. The van der Waals surface area contributed by atoms with Gasteiger partial charge in [-0.3, -0.25) is 4.79 Å². The second-order valence-corrected chi connectivity index (χ2v) is 6.67. The molecule has 0 spiro atoms. The van der Waals surface area contributed by atoms with Crippen LogP contribution in [0, 0.1) is 0 Å². The summed E-state index contributed by atoms with van der Waals surface area (Å²) in [5.74, 6) is 1.35. The van der Waals surface area contributed by atoms with Gasteiger partial charge in [-0.05, 0) is 49.6 Å². The molecule has 3 rings (SSSR count). The van der Waals surface area contributed by atoms with Crippen LogP contribution in [0.1, 0.15) is 41.4 Å². The molecule has 8 heteroatoms. The Morgan fingerprint density at radius 1 is 1.21 bits per heavy atom. The summed E-state index contributed by atoms with van der Waals surface area (Å²) in [4.78, 5) is 17.0. The predicted octanol–water partition coefficient (Wildman–Crippen LogP) is 3.06. The van der Waals surface area contributed by atoms with Crippen molar-refractivity contribution < 1.29 is 13.9 Å². The normalized spacial score (nSPS) is 16.2. The Morgan fingerprint density at radius 2 is 2.10 bits per heavy atom. The molecule has 29 heavy (non-hydrogen) atoms. The molecule has 2 aromatic rings. The highest BCUT2D eigenvalue weighted by atomic mass is 127. The second-order valence-electron chi connectivity index (χ2n) is 6.67. The minimum Gasteiger partial charge on any atom is -0.467 e. The summed E-state index contributed by atoms with van der Waals surface area (Å²) in [6, 6.07) is 11.1. The van der Waals surface area contributed by atoms with Crippen molar-refractivity contribution in [2.24, 2.45) is 4.99 Å². The predicted molar refractivity (Wildman–Crippen MR) is 124 cm³/mol. The highest BCUT2D eigenvalue weighted by Crippen LogP contribution is 2.11. The van der Waals surface area contributed by atoms with Gasteiger partial charge in [0.2, 0.25) is 0 Å². The standard InChI is InChI=1S/C21H28N4O3.HI/c1-2-22-21(25-15-19-9-5-11-28-19)24-13-16-6-3-7-17(12-16)20(26)23-14-18-8-4-10-27-18;/h3-4,6-8,10,12,19H,2,5,9,11,13-15H2,1H3,(H,23,26)(H2,22,24,25);1H. The average Bonchev–Trinajstić information content (AvgIpc) is 3.42. The minimum atomic E-state index is -0.134. The van der Waals surface area contributed by atoms with Crippen molar-refractivity contribution in [2.75, 3.05) is 19.7 Å². The third-order valence-corrected chi connectivity index (χ3v) is 4.48. The fraction of sp³-hybridized carbons (Fsp3) is 0.429. The molecule has 1 aromatic heterocycles. The summed E-state index contributed by atoms with van der Waals surface area (Å²) in [6.07, 6.45) is 4.05. The van der Waals surface area contributed by atoms with E-state index < -0.39 is 0 Å². The van der Waals surface area contributed by atoms with Crippen LogP contribution >= 0.6 is 24.0 Å². The Labute approximate surface area is 188 Å². The van der Waals surface area contributed by atoms with E-state index in [2.05, 4.69) is 20.9 Å². The molecule has 0 radical (unpaired) electrons. The molecule has 158 valence electrons. The van der Waals surface area contributed by atoms with Gasteiger partial charge in [0, 0.05) is 25.3 Å². The molecule has 1 fully saturated rings. The van der Waals surface area contributed by atoms with Crippen molar-refractivity contribution >= 4 is 35.8 Å². The van der Waals surface area contributed by atoms with E-state index in [0.29, 0.717) is 18.7 Å². The third kappa shape index (κ3) is 7.69. The Morgan fingerprint density at radius 3 is 2.83 bits per heavy atom. The van der Waals surface area contributed by atoms with Gasteiger partial charge in [-0.25, -0.2) is 4.99 Å². The van der Waals surface area contributed by atoms with E-state index in [9.17, 15) is 4.79 Å². The summed E-state index contributed by atoms with van der Waals surface area (Å²) in [5.41, 5.74) is 1.58. The van der Waals surface area contributed by atoms with Gasteiger partial charge in [0.05, 0.1) is 25.5 Å². The van der Waals surface area contributed by atoms with Gasteiger partial charge in [-0.2, -0.15) is 0 Å². The first-order chi connectivity index (χ1) is 13.7. The molecule has 2 heterocycles. The van der Waals surface area contributed by atoms with Crippen LogP contribution in [0.2, 0.25) is 0 Å². The van der Waals surface area contributed by atoms with E-state index in [1.807, 2.05) is 31.2 Å². The summed E-state index contributed by atoms with van der Waals surface area (Å²) < 4.78 is 10.9. The van der Waals surface area contributed by atoms with Crippen LogP contribution in [0.3, 0.4) is 0 Å². The van der Waals surface area contributed by atoms with Crippen LogP contribution in [-0.2, 0) is 17.8 Å². The Bertz CT molecular complexity index is 774. The molecular formula is C21H29IN4O3. The number of furan rings is 1. The first-order valence-corrected chi connectivity index (χ1v) is 9.78. The monoisotopic (exact) mass is 512 g/mol. The number of benzene rings is 1. The highest BCUT2D eigenvalue weighted by Gasteiger charge is 2.15. The van der Waals surface area contributed by atoms with Crippen molar-refractivity contribution in [2.45, 2.75) is 39.0 Å². The first kappa shape index (κ1) is 23.2. The lowest BCUT2D eigenvalue weighted by atomic mass is 10.1. The number of hydrogen-bond donors (Lipinski definition) is 3. The highest BCUT2D eigenvalue weighted by molar-refractivity contribution is 14.0. The first-order valence-electron chi connectivity index (χ1n) is 9.78. The van der Waals surface area contributed by atoms with Crippen molar-refractivity contribution in [1.29, 1.82) is 0 Å². The number of carbonyl (C=O) groups is 1. The molecule has 1 aliphatic heterocycles. The van der Waals surface area contributed by atoms with E-state index in [-0.39, 0.29) is 36.0 Å². The number of amides is 1. The van der Waals surface area contributed by atoms with Gasteiger partial charge in [0.15, 0.2) is 5.96 Å². The fourth-order valence-corrected chi connectivity index (χ4v) is 3.02. The molecule has 1 atom stereocenters. The SMILES string of the molecule is CCNC(=NCc1cccc(C(=O)NCc2ccco2)c1)NCC1CCCO1.I. The van der Waals surface area contributed by atoms with Crippen LogP contribution in [0.4, 0.5) is 0 Å². The molecule has 0 aliphatic carbocycles. The van der Waals surface area contributed by atoms with E-state index in [1.165, 1.54) is 0 Å². The van der Waals surface area contributed by atoms with Crippen molar-refractivity contribution in [3.63, 3.8) is 0 Å². The molecule has 7 nitrogen and oxygen atoms in total. The van der Waals surface area contributed by atoms with Gasteiger partial charge >= 0.3 is 0 Å². The fourth-order valence-electron chi connectivity index (χ4n) is 3.02. The quantitative estimate of drug-likeness (QED) is 0.288. The number of nitrogens with one attached hydrogen (secondary N) is 3. The van der Waals surface area contributed by atoms with Gasteiger partial charge < -0.3 is 25.1 Å². The average molecular weight is 512 g/mol. The maximum atomic E-state index is 12.4. The van der Waals surface area contributed by atoms with E-state index in [1.54, 1.807) is 18.4 Å². The third-order valence-electron chi connectivity index (χ3n) is 4.48. The van der Waals surface area contributed by atoms with Crippen LogP contribution < -0.4 is 16.0 Å². The molecule has 1 amide bonds. The zero-order valence-corrected chi connectivity index (χ0v) is 19.0. The zero-order valence-electron chi connectivity index (χ0n) is 16.6. The van der Waals surface area contributed by atoms with Gasteiger partial charge in [0.25, 0.3) is 5.91 Å². The van der Waals surface area contributed by atoms with Gasteiger partial charge in [-0.15, -0.1) is 24.0 Å². The lowest BCUT2D eigenvalue weighted by Gasteiger charge is -2.14. The lowest BCUT2D eigenvalue weighted by molar-refractivity contribution is 0.0948. The Balaban J connectivity index is 0.00000300. The number of aliphatic imine (C=N–C) groups is 1. The second kappa shape index (κ2) is 12.5. The number of nitrogens with zero attached hydrogens (tertiary/aromatic N) is 1. The Kier molecular flexibility index (Phi) is 9.99. The van der Waals surface area contributed by atoms with Crippen molar-refractivity contribution in [1.82, 2.24) is 16.0 Å². The molecule has 0 saturated carbocycles. The van der Waals surface area contributed by atoms with Crippen LogP contribution in [0.15, 0.2) is 52.1 Å². The topological polar surface area (TPSA) is 87.9 Å². The van der Waals surface area contributed by atoms with Crippen molar-refractivity contribution in [3.8, 4) is 0 Å². The van der Waals surface area contributed by atoms with Crippen LogP contribution in [0.5, 0.6) is 0 Å². The zero-order chi connectivity index (χ0) is 19.6. The molecule has 1 saturated heterocycles. The number of rotatable bonds is 8. The molecule has 1 aliphatic rings. The van der Waals surface area contributed by atoms with E-state index in [4.69, 9.17) is 9.15 Å². The number of guanidine groups is 1. The molecule has 1 unspecified atom stereocenters. The Hall–Kier alpha value is -2.07. The number of halogens is 1. The van der Waals surface area contributed by atoms with Crippen LogP contribution in [-0.4, -0.2) is 37.7 Å². The number of carbonyl (C=O) groups excluding carboxylic acids is 1. The number of hydrogen-bond acceptors (Lipinski definition) is 4.